The minimum atomic E-state index is -0.648. The second-order valence-corrected chi connectivity index (χ2v) is 6.38. The van der Waals surface area contributed by atoms with Gasteiger partial charge >= 0.3 is 6.03 Å². The summed E-state index contributed by atoms with van der Waals surface area (Å²) in [6.07, 6.45) is 0. The lowest BCUT2D eigenvalue weighted by Crippen LogP contribution is -2.44. The highest BCUT2D eigenvalue weighted by Crippen LogP contribution is 2.26. The molecule has 7 heteroatoms. The van der Waals surface area contributed by atoms with Crippen molar-refractivity contribution in [2.24, 2.45) is 0 Å². The third kappa shape index (κ3) is 5.19. The Morgan fingerprint density at radius 1 is 1.12 bits per heavy atom. The van der Waals surface area contributed by atoms with Gasteiger partial charge < -0.3 is 5.32 Å². The molecule has 2 aromatic carbocycles. The minimum absolute atomic E-state index is 0.413. The number of amides is 3. The summed E-state index contributed by atoms with van der Waals surface area (Å²) in [4.78, 5) is 26.0. The molecule has 132 valence electrons. The first-order valence-corrected chi connectivity index (χ1v) is 8.39. The number of urea groups is 1. The predicted molar refractivity (Wildman–Crippen MR) is 99.7 cm³/mol. The lowest BCUT2D eigenvalue weighted by atomic mass is 10.0. The molecule has 0 fully saturated rings. The van der Waals surface area contributed by atoms with Crippen molar-refractivity contribution in [1.82, 2.24) is 15.5 Å². The maximum atomic E-state index is 12.6. The Bertz CT molecular complexity index is 753. The molecular weight excluding hydrogens is 361 g/mol. The van der Waals surface area contributed by atoms with Gasteiger partial charge in [-0.05, 0) is 30.3 Å². The van der Waals surface area contributed by atoms with Crippen LogP contribution in [0.15, 0.2) is 48.5 Å². The molecule has 0 unspecified atom stereocenters. The number of nitrogens with zero attached hydrogens (tertiary/aromatic N) is 1. The number of carbonyl (C=O) groups excluding carboxylic acids is 2. The Morgan fingerprint density at radius 2 is 1.80 bits per heavy atom. The van der Waals surface area contributed by atoms with E-state index in [1.165, 1.54) is 7.05 Å². The van der Waals surface area contributed by atoms with E-state index in [0.717, 1.165) is 11.1 Å². The first-order valence-electron chi connectivity index (χ1n) is 7.64. The molecule has 2 aromatic rings. The molecule has 2 N–H and O–H groups in total. The normalized spacial score (nSPS) is 11.9. The second kappa shape index (κ2) is 8.85. The number of benzene rings is 2. The molecule has 25 heavy (non-hydrogen) atoms. The average Bonchev–Trinajstić information content (AvgIpc) is 2.58. The van der Waals surface area contributed by atoms with Gasteiger partial charge in [-0.1, -0.05) is 59.6 Å². The second-order valence-electron chi connectivity index (χ2n) is 5.53. The van der Waals surface area contributed by atoms with Gasteiger partial charge in [-0.2, -0.15) is 0 Å². The maximum Gasteiger partial charge on any atom is 0.321 e. The van der Waals surface area contributed by atoms with Gasteiger partial charge in [0.15, 0.2) is 0 Å². The molecular formula is C18H19Cl2N3O2. The highest BCUT2D eigenvalue weighted by atomic mass is 35.5. The Balaban J connectivity index is 2.27. The van der Waals surface area contributed by atoms with Crippen LogP contribution >= 0.6 is 23.2 Å². The average molecular weight is 380 g/mol. The Labute approximate surface area is 156 Å². The van der Waals surface area contributed by atoms with Crippen LogP contribution in [0, 0.1) is 0 Å². The standard InChI is InChI=1S/C18H19Cl2N3O2/c1-21-18(25)22-17(24)16(12-6-4-3-5-7-12)23(2)11-13-8-9-14(19)10-15(13)20/h3-10,16H,11H2,1-2H3,(H2,21,22,24,25)/t16-/m1/s1. The summed E-state index contributed by atoms with van der Waals surface area (Å²) in [7, 11) is 3.25. The zero-order valence-electron chi connectivity index (χ0n) is 13.9. The van der Waals surface area contributed by atoms with Crippen LogP contribution in [0.4, 0.5) is 4.79 Å². The van der Waals surface area contributed by atoms with Gasteiger partial charge in [0.25, 0.3) is 0 Å². The van der Waals surface area contributed by atoms with E-state index in [1.54, 1.807) is 19.2 Å². The minimum Gasteiger partial charge on any atom is -0.341 e. The van der Waals surface area contributed by atoms with E-state index in [-0.39, 0.29) is 0 Å². The van der Waals surface area contributed by atoms with Crippen LogP contribution in [0.5, 0.6) is 0 Å². The number of likely N-dealkylation sites (N-methyl/N-ethyl adjacent to an activating group) is 1. The van der Waals surface area contributed by atoms with Crippen LogP contribution in [0.25, 0.3) is 0 Å². The highest BCUT2D eigenvalue weighted by Gasteiger charge is 2.26. The molecule has 0 saturated carbocycles. The maximum absolute atomic E-state index is 12.6. The zero-order chi connectivity index (χ0) is 18.4. The summed E-state index contributed by atoms with van der Waals surface area (Å²) in [5.41, 5.74) is 1.61. The number of hydrogen-bond donors (Lipinski definition) is 2. The van der Waals surface area contributed by atoms with Crippen LogP contribution in [0.3, 0.4) is 0 Å². The Kier molecular flexibility index (Phi) is 6.82. The fourth-order valence-electron chi connectivity index (χ4n) is 2.49. The van der Waals surface area contributed by atoms with Crippen LogP contribution in [0.1, 0.15) is 17.2 Å². The molecule has 0 bridgehead atoms. The largest absolute Gasteiger partial charge is 0.341 e. The number of halogens is 2. The summed E-state index contributed by atoms with van der Waals surface area (Å²) in [5, 5.41) is 5.79. The molecule has 5 nitrogen and oxygen atoms in total. The van der Waals surface area contributed by atoms with Crippen molar-refractivity contribution >= 4 is 35.1 Å². The van der Waals surface area contributed by atoms with E-state index < -0.39 is 18.0 Å². The molecule has 0 aromatic heterocycles. The Morgan fingerprint density at radius 3 is 2.40 bits per heavy atom. The molecule has 3 amide bonds. The summed E-state index contributed by atoms with van der Waals surface area (Å²) in [6, 6.07) is 13.3. The lowest BCUT2D eigenvalue weighted by molar-refractivity contribution is -0.125. The van der Waals surface area contributed by atoms with E-state index in [4.69, 9.17) is 23.2 Å². The van der Waals surface area contributed by atoms with Crippen molar-refractivity contribution in [1.29, 1.82) is 0 Å². The fourth-order valence-corrected chi connectivity index (χ4v) is 2.96. The van der Waals surface area contributed by atoms with E-state index in [0.29, 0.717) is 16.6 Å². The fraction of sp³-hybridized carbons (Fsp3) is 0.222. The van der Waals surface area contributed by atoms with Crippen molar-refractivity contribution in [3.63, 3.8) is 0 Å². The topological polar surface area (TPSA) is 61.4 Å². The first-order chi connectivity index (χ1) is 11.9. The lowest BCUT2D eigenvalue weighted by Gasteiger charge is -2.27. The van der Waals surface area contributed by atoms with Gasteiger partial charge in [-0.25, -0.2) is 4.79 Å². The molecule has 2 rings (SSSR count). The highest BCUT2D eigenvalue weighted by molar-refractivity contribution is 6.35. The van der Waals surface area contributed by atoms with Crippen LogP contribution in [-0.4, -0.2) is 30.9 Å². The number of carbonyl (C=O) groups is 2. The number of nitrogens with one attached hydrogen (secondary N) is 2. The van der Waals surface area contributed by atoms with E-state index in [2.05, 4.69) is 10.6 Å². The smallest absolute Gasteiger partial charge is 0.321 e. The van der Waals surface area contributed by atoms with E-state index in [9.17, 15) is 9.59 Å². The van der Waals surface area contributed by atoms with Crippen LogP contribution in [0.2, 0.25) is 10.0 Å². The molecule has 0 spiro atoms. The van der Waals surface area contributed by atoms with Crippen LogP contribution in [-0.2, 0) is 11.3 Å². The quantitative estimate of drug-likeness (QED) is 0.833. The monoisotopic (exact) mass is 379 g/mol. The molecule has 0 aliphatic rings. The Hall–Kier alpha value is -2.08. The first kappa shape index (κ1) is 19.2. The molecule has 0 saturated heterocycles. The molecule has 0 aliphatic carbocycles. The number of imide groups is 1. The molecule has 0 heterocycles. The van der Waals surface area contributed by atoms with Gasteiger partial charge in [-0.3, -0.25) is 15.0 Å². The van der Waals surface area contributed by atoms with Gasteiger partial charge in [0.2, 0.25) is 5.91 Å². The van der Waals surface area contributed by atoms with Crippen molar-refractivity contribution in [2.75, 3.05) is 14.1 Å². The summed E-state index contributed by atoms with van der Waals surface area (Å²) >= 11 is 12.2. The van der Waals surface area contributed by atoms with Crippen molar-refractivity contribution in [3.8, 4) is 0 Å². The molecule has 0 radical (unpaired) electrons. The third-order valence-corrected chi connectivity index (χ3v) is 4.29. The van der Waals surface area contributed by atoms with Gasteiger partial charge in [-0.15, -0.1) is 0 Å². The van der Waals surface area contributed by atoms with Gasteiger partial charge in [0.05, 0.1) is 0 Å². The van der Waals surface area contributed by atoms with Crippen molar-refractivity contribution < 1.29 is 9.59 Å². The summed E-state index contributed by atoms with van der Waals surface area (Å²) in [5.74, 6) is -0.418. The van der Waals surface area contributed by atoms with E-state index in [1.807, 2.05) is 41.3 Å². The number of hydrogen-bond acceptors (Lipinski definition) is 3. The van der Waals surface area contributed by atoms with Crippen molar-refractivity contribution in [2.45, 2.75) is 12.6 Å². The summed E-state index contributed by atoms with van der Waals surface area (Å²) in [6.45, 7) is 0.413. The predicted octanol–water partition coefficient (Wildman–Crippen LogP) is 3.62. The third-order valence-electron chi connectivity index (χ3n) is 3.70. The summed E-state index contributed by atoms with van der Waals surface area (Å²) < 4.78 is 0. The van der Waals surface area contributed by atoms with Crippen LogP contribution < -0.4 is 10.6 Å². The zero-order valence-corrected chi connectivity index (χ0v) is 15.4. The van der Waals surface area contributed by atoms with Gasteiger partial charge in [0, 0.05) is 23.6 Å². The van der Waals surface area contributed by atoms with Gasteiger partial charge in [0.1, 0.15) is 6.04 Å². The van der Waals surface area contributed by atoms with E-state index >= 15 is 0 Å². The molecule has 1 atom stereocenters. The molecule has 0 aliphatic heterocycles. The number of rotatable bonds is 5. The van der Waals surface area contributed by atoms with Crippen molar-refractivity contribution in [3.05, 3.63) is 69.7 Å². The SMILES string of the molecule is CNC(=O)NC(=O)[C@@H](c1ccccc1)N(C)Cc1ccc(Cl)cc1Cl.